The van der Waals surface area contributed by atoms with Gasteiger partial charge in [-0.3, -0.25) is 4.79 Å². The maximum atomic E-state index is 11.6. The van der Waals surface area contributed by atoms with Crippen LogP contribution in [0.2, 0.25) is 0 Å². The molecule has 0 aromatic heterocycles. The monoisotopic (exact) mass is 277 g/mol. The van der Waals surface area contributed by atoms with Gasteiger partial charge in [0, 0.05) is 12.1 Å². The van der Waals surface area contributed by atoms with Crippen LogP contribution >= 0.6 is 0 Å². The summed E-state index contributed by atoms with van der Waals surface area (Å²) in [5.74, 6) is 0.559. The number of hydrogen-bond acceptors (Lipinski definition) is 3. The number of nitrogens with zero attached hydrogens (tertiary/aromatic N) is 1. The fourth-order valence-electron chi connectivity index (χ4n) is 1.65. The summed E-state index contributed by atoms with van der Waals surface area (Å²) in [6, 6.07) is 7.70. The van der Waals surface area contributed by atoms with Crippen molar-refractivity contribution in [2.45, 2.75) is 33.6 Å². The Morgan fingerprint density at radius 1 is 1.35 bits per heavy atom. The smallest absolute Gasteiger partial charge is 0.265 e. The predicted octanol–water partition coefficient (Wildman–Crippen LogP) is 2.52. The van der Waals surface area contributed by atoms with Gasteiger partial charge in [-0.1, -0.05) is 38.1 Å². The van der Waals surface area contributed by atoms with E-state index in [9.17, 15) is 4.79 Å². The molecule has 3 N–H and O–H groups in total. The maximum absolute atomic E-state index is 11.6. The van der Waals surface area contributed by atoms with Crippen LogP contribution in [0.5, 0.6) is 0 Å². The number of anilines is 1. The van der Waals surface area contributed by atoms with Gasteiger partial charge in [-0.25, -0.2) is 0 Å². The minimum absolute atomic E-state index is 0.145. The lowest BCUT2D eigenvalue weighted by Gasteiger charge is -2.06. The molecule has 20 heavy (non-hydrogen) atoms. The number of rotatable bonds is 7. The van der Waals surface area contributed by atoms with Gasteiger partial charge in [-0.2, -0.15) is 0 Å². The van der Waals surface area contributed by atoms with Crippen LogP contribution < -0.4 is 11.1 Å². The fourth-order valence-corrected chi connectivity index (χ4v) is 1.65. The van der Waals surface area contributed by atoms with E-state index in [2.05, 4.69) is 17.4 Å². The molecule has 0 aliphatic heterocycles. The predicted molar refractivity (Wildman–Crippen MR) is 81.5 cm³/mol. The first-order valence-corrected chi connectivity index (χ1v) is 6.84. The summed E-state index contributed by atoms with van der Waals surface area (Å²) >= 11 is 0. The van der Waals surface area contributed by atoms with Crippen LogP contribution in [0, 0.1) is 5.92 Å². The molecular weight excluding hydrogens is 254 g/mol. The second-order valence-corrected chi connectivity index (χ2v) is 5.05. The van der Waals surface area contributed by atoms with Crippen molar-refractivity contribution < 1.29 is 9.63 Å². The lowest BCUT2D eigenvalue weighted by molar-refractivity contribution is -0.120. The van der Waals surface area contributed by atoms with Gasteiger partial charge in [0.2, 0.25) is 0 Å². The van der Waals surface area contributed by atoms with Gasteiger partial charge < -0.3 is 15.9 Å². The summed E-state index contributed by atoms with van der Waals surface area (Å²) in [6.07, 6.45) is 1.63. The van der Waals surface area contributed by atoms with Crippen molar-refractivity contribution in [3.05, 3.63) is 29.8 Å². The molecule has 0 saturated carbocycles. The normalized spacial score (nSPS) is 11.5. The molecular formula is C15H23N3O2. The first kappa shape index (κ1) is 16.0. The molecule has 1 amide bonds. The van der Waals surface area contributed by atoms with E-state index in [1.165, 1.54) is 5.56 Å². The number of nitrogens with one attached hydrogen (secondary N) is 1. The Hall–Kier alpha value is -2.04. The van der Waals surface area contributed by atoms with E-state index < -0.39 is 0 Å². The van der Waals surface area contributed by atoms with E-state index in [-0.39, 0.29) is 12.5 Å². The van der Waals surface area contributed by atoms with Crippen LogP contribution in [-0.4, -0.2) is 18.3 Å². The molecule has 0 unspecified atom stereocenters. The summed E-state index contributed by atoms with van der Waals surface area (Å²) < 4.78 is 0. The number of amidine groups is 1. The van der Waals surface area contributed by atoms with Gasteiger partial charge in [0.15, 0.2) is 6.61 Å². The van der Waals surface area contributed by atoms with E-state index in [1.807, 2.05) is 38.1 Å². The largest absolute Gasteiger partial charge is 0.384 e. The molecule has 0 saturated heterocycles. The minimum Gasteiger partial charge on any atom is -0.384 e. The average Bonchev–Trinajstić information content (AvgIpc) is 2.38. The van der Waals surface area contributed by atoms with Crippen LogP contribution in [0.15, 0.2) is 29.4 Å². The number of benzene rings is 1. The molecule has 1 aromatic rings. The van der Waals surface area contributed by atoms with Crippen LogP contribution in [-0.2, 0) is 16.1 Å². The number of nitrogens with two attached hydrogens (primary N) is 1. The van der Waals surface area contributed by atoms with Crippen LogP contribution in [0.4, 0.5) is 5.69 Å². The Bertz CT molecular complexity index is 453. The van der Waals surface area contributed by atoms with Crippen molar-refractivity contribution in [3.63, 3.8) is 0 Å². The molecule has 0 aliphatic rings. The zero-order chi connectivity index (χ0) is 15.0. The Morgan fingerprint density at radius 2 is 2.00 bits per heavy atom. The van der Waals surface area contributed by atoms with Crippen molar-refractivity contribution in [2.75, 3.05) is 11.9 Å². The summed E-state index contributed by atoms with van der Waals surface area (Å²) in [7, 11) is 0. The highest BCUT2D eigenvalue weighted by molar-refractivity contribution is 5.91. The number of aryl methyl sites for hydroxylation is 1. The van der Waals surface area contributed by atoms with Gasteiger partial charge in [-0.15, -0.1) is 0 Å². The van der Waals surface area contributed by atoms with Crippen LogP contribution in [0.25, 0.3) is 0 Å². The Morgan fingerprint density at radius 3 is 2.55 bits per heavy atom. The van der Waals surface area contributed by atoms with E-state index in [0.29, 0.717) is 18.2 Å². The third-order valence-electron chi connectivity index (χ3n) is 2.64. The summed E-state index contributed by atoms with van der Waals surface area (Å²) in [5, 5.41) is 6.44. The molecule has 5 heteroatoms. The number of carbonyl (C=O) groups is 1. The zero-order valence-electron chi connectivity index (χ0n) is 12.3. The maximum Gasteiger partial charge on any atom is 0.265 e. The average molecular weight is 277 g/mol. The molecule has 0 aliphatic carbocycles. The van der Waals surface area contributed by atoms with Gasteiger partial charge in [0.25, 0.3) is 5.91 Å². The highest BCUT2D eigenvalue weighted by Crippen LogP contribution is 2.09. The van der Waals surface area contributed by atoms with E-state index in [0.717, 1.165) is 12.1 Å². The van der Waals surface area contributed by atoms with Gasteiger partial charge in [0.1, 0.15) is 5.84 Å². The van der Waals surface area contributed by atoms with Crippen molar-refractivity contribution in [3.8, 4) is 0 Å². The summed E-state index contributed by atoms with van der Waals surface area (Å²) in [6.45, 7) is 6.01. The number of oxime groups is 1. The van der Waals surface area contributed by atoms with E-state index in [4.69, 9.17) is 10.6 Å². The van der Waals surface area contributed by atoms with Crippen molar-refractivity contribution >= 4 is 17.4 Å². The molecule has 5 nitrogen and oxygen atoms in total. The minimum atomic E-state index is -0.254. The SMILES string of the molecule is CCc1ccc(NC(=O)CON=C(N)CC(C)C)cc1. The van der Waals surface area contributed by atoms with E-state index in [1.54, 1.807) is 0 Å². The Kier molecular flexibility index (Phi) is 6.56. The standard InChI is InChI=1S/C15H23N3O2/c1-4-12-5-7-13(8-6-12)17-15(19)10-20-18-14(16)9-11(2)3/h5-8,11H,4,9-10H2,1-3H3,(H2,16,18)(H,17,19). The highest BCUT2D eigenvalue weighted by atomic mass is 16.6. The molecule has 0 radical (unpaired) electrons. The summed E-state index contributed by atoms with van der Waals surface area (Å²) in [5.41, 5.74) is 7.61. The molecule has 0 spiro atoms. The van der Waals surface area contributed by atoms with Crippen molar-refractivity contribution in [2.24, 2.45) is 16.8 Å². The number of amides is 1. The first-order valence-electron chi connectivity index (χ1n) is 6.84. The van der Waals surface area contributed by atoms with Gasteiger partial charge >= 0.3 is 0 Å². The Labute approximate surface area is 120 Å². The van der Waals surface area contributed by atoms with Crippen molar-refractivity contribution in [1.29, 1.82) is 0 Å². The third kappa shape index (κ3) is 6.22. The topological polar surface area (TPSA) is 76.7 Å². The second-order valence-electron chi connectivity index (χ2n) is 5.05. The molecule has 110 valence electrons. The third-order valence-corrected chi connectivity index (χ3v) is 2.64. The van der Waals surface area contributed by atoms with Gasteiger partial charge in [0.05, 0.1) is 0 Å². The molecule has 0 bridgehead atoms. The molecule has 1 rings (SSSR count). The quantitative estimate of drug-likeness (QED) is 0.457. The fraction of sp³-hybridized carbons (Fsp3) is 0.467. The lowest BCUT2D eigenvalue weighted by atomic mass is 10.1. The Balaban J connectivity index is 2.36. The van der Waals surface area contributed by atoms with Gasteiger partial charge in [-0.05, 0) is 30.0 Å². The number of carbonyl (C=O) groups excluding carboxylic acids is 1. The van der Waals surface area contributed by atoms with Crippen LogP contribution in [0.1, 0.15) is 32.8 Å². The molecule has 0 atom stereocenters. The zero-order valence-corrected chi connectivity index (χ0v) is 12.3. The lowest BCUT2D eigenvalue weighted by Crippen LogP contribution is -2.19. The van der Waals surface area contributed by atoms with Crippen LogP contribution in [0.3, 0.4) is 0 Å². The second kappa shape index (κ2) is 8.19. The first-order chi connectivity index (χ1) is 9.51. The molecule has 0 fully saturated rings. The van der Waals surface area contributed by atoms with Crippen molar-refractivity contribution in [1.82, 2.24) is 0 Å². The number of hydrogen-bond donors (Lipinski definition) is 2. The highest BCUT2D eigenvalue weighted by Gasteiger charge is 2.04. The molecule has 1 aromatic carbocycles. The molecule has 0 heterocycles. The van der Waals surface area contributed by atoms with E-state index >= 15 is 0 Å². The summed E-state index contributed by atoms with van der Waals surface area (Å²) in [4.78, 5) is 16.6.